The molecule has 1 unspecified atom stereocenters. The molecule has 0 radical (unpaired) electrons. The maximum absolute atomic E-state index is 11.4. The Hall–Kier alpha value is -1.61. The molecule has 0 amide bonds. The van der Waals surface area contributed by atoms with Crippen molar-refractivity contribution < 1.29 is 4.79 Å². The van der Waals surface area contributed by atoms with Gasteiger partial charge in [-0.1, -0.05) is 18.2 Å². The van der Waals surface area contributed by atoms with E-state index < -0.39 is 0 Å². The van der Waals surface area contributed by atoms with Gasteiger partial charge in [0.05, 0.1) is 5.69 Å². The van der Waals surface area contributed by atoms with Crippen molar-refractivity contribution in [1.82, 2.24) is 4.90 Å². The van der Waals surface area contributed by atoms with Crippen molar-refractivity contribution >= 4 is 11.6 Å². The van der Waals surface area contributed by atoms with Gasteiger partial charge < -0.3 is 4.90 Å². The number of benzene rings is 1. The molecule has 1 saturated heterocycles. The number of hydrazine groups is 1. The van der Waals surface area contributed by atoms with Crippen molar-refractivity contribution in [1.29, 1.82) is 0 Å². The van der Waals surface area contributed by atoms with Crippen LogP contribution < -0.4 is 10.9 Å². The predicted molar refractivity (Wildman–Crippen MR) is 84.5 cm³/mol. The van der Waals surface area contributed by atoms with Crippen LogP contribution in [0.2, 0.25) is 0 Å². The van der Waals surface area contributed by atoms with Crippen molar-refractivity contribution in [3.05, 3.63) is 35.5 Å². The fourth-order valence-electron chi connectivity index (χ4n) is 3.76. The first-order chi connectivity index (χ1) is 10.1. The van der Waals surface area contributed by atoms with Crippen LogP contribution >= 0.6 is 0 Å². The number of carbonyl (C=O) groups excluding carboxylic acids is 1. The first-order valence-electron chi connectivity index (χ1n) is 7.76. The molecule has 21 heavy (non-hydrogen) atoms. The molecule has 2 aliphatic heterocycles. The first-order valence-corrected chi connectivity index (χ1v) is 7.76. The molecular formula is C17H23N3O. The van der Waals surface area contributed by atoms with E-state index in [1.54, 1.807) is 0 Å². The van der Waals surface area contributed by atoms with Crippen LogP contribution in [0.1, 0.15) is 38.2 Å². The van der Waals surface area contributed by atoms with Crippen LogP contribution in [0.3, 0.4) is 0 Å². The highest BCUT2D eigenvalue weighted by Gasteiger charge is 2.39. The molecule has 112 valence electrons. The van der Waals surface area contributed by atoms with Crippen LogP contribution in [0.15, 0.2) is 30.0 Å². The number of fused-ring (bicyclic) bond motifs is 1. The van der Waals surface area contributed by atoms with Gasteiger partial charge in [0.1, 0.15) is 11.6 Å². The average molecular weight is 285 g/mol. The van der Waals surface area contributed by atoms with E-state index in [0.29, 0.717) is 17.7 Å². The molecule has 1 aromatic rings. The van der Waals surface area contributed by atoms with Gasteiger partial charge in [0, 0.05) is 12.0 Å². The largest absolute Gasteiger partial charge is 0.301 e. The summed E-state index contributed by atoms with van der Waals surface area (Å²) < 4.78 is 0. The summed E-state index contributed by atoms with van der Waals surface area (Å²) in [7, 11) is 0. The molecule has 0 aromatic heterocycles. The zero-order valence-corrected chi connectivity index (χ0v) is 12.7. The predicted octanol–water partition coefficient (Wildman–Crippen LogP) is 2.30. The summed E-state index contributed by atoms with van der Waals surface area (Å²) in [6.45, 7) is 6.67. The number of rotatable bonds is 2. The number of likely N-dealkylation sites (tertiary alicyclic amines) is 1. The van der Waals surface area contributed by atoms with Crippen LogP contribution in [-0.2, 0) is 4.79 Å². The maximum Gasteiger partial charge on any atom is 0.148 e. The summed E-state index contributed by atoms with van der Waals surface area (Å²) in [4.78, 5) is 13.9. The normalized spacial score (nSPS) is 23.5. The SMILES string of the molecule is CC(C)N1CCC(C2C(=C=O)N(N)c3ccccc32)CC1. The quantitative estimate of drug-likeness (QED) is 0.669. The van der Waals surface area contributed by atoms with Crippen LogP contribution in [-0.4, -0.2) is 30.0 Å². The summed E-state index contributed by atoms with van der Waals surface area (Å²) in [5.41, 5.74) is 2.73. The van der Waals surface area contributed by atoms with Gasteiger partial charge in [-0.25, -0.2) is 10.6 Å². The molecule has 0 saturated carbocycles. The second-order valence-electron chi connectivity index (χ2n) is 6.36. The Morgan fingerprint density at radius 2 is 1.90 bits per heavy atom. The lowest BCUT2D eigenvalue weighted by Gasteiger charge is -2.37. The van der Waals surface area contributed by atoms with Crippen molar-refractivity contribution in [2.75, 3.05) is 18.1 Å². The lowest BCUT2D eigenvalue weighted by Crippen LogP contribution is -2.40. The molecular weight excluding hydrogens is 262 g/mol. The number of hydrogen-bond donors (Lipinski definition) is 1. The van der Waals surface area contributed by atoms with Gasteiger partial charge in [0.15, 0.2) is 0 Å². The molecule has 1 aromatic carbocycles. The minimum atomic E-state index is 0.109. The Morgan fingerprint density at radius 1 is 1.24 bits per heavy atom. The Balaban J connectivity index is 1.87. The highest BCUT2D eigenvalue weighted by atomic mass is 16.1. The molecule has 0 aliphatic carbocycles. The number of hydrogen-bond acceptors (Lipinski definition) is 4. The van der Waals surface area contributed by atoms with Crippen molar-refractivity contribution in [3.63, 3.8) is 0 Å². The number of anilines is 1. The second-order valence-corrected chi connectivity index (χ2v) is 6.36. The summed E-state index contributed by atoms with van der Waals surface area (Å²) in [6.07, 6.45) is 2.21. The van der Waals surface area contributed by atoms with Gasteiger partial charge in [-0.2, -0.15) is 0 Å². The van der Waals surface area contributed by atoms with Gasteiger partial charge >= 0.3 is 0 Å². The van der Waals surface area contributed by atoms with Crippen LogP contribution in [0.4, 0.5) is 5.69 Å². The van der Waals surface area contributed by atoms with Crippen LogP contribution in [0.5, 0.6) is 0 Å². The maximum atomic E-state index is 11.4. The summed E-state index contributed by atoms with van der Waals surface area (Å²) in [5.74, 6) is 8.78. The lowest BCUT2D eigenvalue weighted by molar-refractivity contribution is 0.143. The van der Waals surface area contributed by atoms with E-state index >= 15 is 0 Å². The van der Waals surface area contributed by atoms with E-state index in [9.17, 15) is 4.79 Å². The van der Waals surface area contributed by atoms with Gasteiger partial charge in [-0.05, 0) is 57.3 Å². The van der Waals surface area contributed by atoms with Gasteiger partial charge in [-0.3, -0.25) is 5.01 Å². The Labute approximate surface area is 126 Å². The van der Waals surface area contributed by atoms with Crippen LogP contribution in [0, 0.1) is 5.92 Å². The molecule has 4 nitrogen and oxygen atoms in total. The van der Waals surface area contributed by atoms with Crippen molar-refractivity contribution in [2.24, 2.45) is 11.8 Å². The zero-order valence-electron chi connectivity index (χ0n) is 12.7. The molecule has 0 bridgehead atoms. The first kappa shape index (κ1) is 14.3. The summed E-state index contributed by atoms with van der Waals surface area (Å²) in [5, 5.41) is 1.53. The Bertz CT molecular complexity index is 569. The van der Waals surface area contributed by atoms with Gasteiger partial charge in [0.25, 0.3) is 0 Å². The Kier molecular flexibility index (Phi) is 3.85. The van der Waals surface area contributed by atoms with E-state index in [1.807, 2.05) is 18.2 Å². The zero-order chi connectivity index (χ0) is 15.0. The van der Waals surface area contributed by atoms with E-state index in [0.717, 1.165) is 31.6 Å². The fraction of sp³-hybridized carbons (Fsp3) is 0.529. The number of nitrogens with zero attached hydrogens (tertiary/aromatic N) is 2. The lowest BCUT2D eigenvalue weighted by atomic mass is 9.79. The summed E-state index contributed by atoms with van der Waals surface area (Å²) >= 11 is 0. The highest BCUT2D eigenvalue weighted by molar-refractivity contribution is 5.75. The topological polar surface area (TPSA) is 49.6 Å². The third-order valence-electron chi connectivity index (χ3n) is 4.97. The summed E-state index contributed by atoms with van der Waals surface area (Å²) in [6, 6.07) is 8.66. The molecule has 3 rings (SSSR count). The third kappa shape index (κ3) is 2.40. The molecule has 1 fully saturated rings. The van der Waals surface area contributed by atoms with E-state index in [2.05, 4.69) is 30.8 Å². The molecule has 2 N–H and O–H groups in total. The monoisotopic (exact) mass is 285 g/mol. The number of para-hydroxylation sites is 1. The molecule has 2 aliphatic rings. The molecule has 4 heteroatoms. The van der Waals surface area contributed by atoms with E-state index in [4.69, 9.17) is 5.84 Å². The second kappa shape index (κ2) is 5.64. The van der Waals surface area contributed by atoms with E-state index in [1.165, 1.54) is 10.6 Å². The Morgan fingerprint density at radius 3 is 2.52 bits per heavy atom. The standard InChI is InChI=1S/C17H23N3O/c1-12(2)19-9-7-13(8-10-19)17-14-5-3-4-6-15(14)20(18)16(17)11-21/h3-6,12-13,17H,7-10,18H2,1-2H3. The smallest absolute Gasteiger partial charge is 0.148 e. The number of allylic oxidation sites excluding steroid dienone is 1. The van der Waals surface area contributed by atoms with Crippen LogP contribution in [0.25, 0.3) is 0 Å². The van der Waals surface area contributed by atoms with Crippen molar-refractivity contribution in [3.8, 4) is 0 Å². The fourth-order valence-corrected chi connectivity index (χ4v) is 3.76. The van der Waals surface area contributed by atoms with Gasteiger partial charge in [0.2, 0.25) is 0 Å². The third-order valence-corrected chi connectivity index (χ3v) is 4.97. The molecule has 0 spiro atoms. The minimum absolute atomic E-state index is 0.109. The number of nitrogens with two attached hydrogens (primary N) is 1. The highest BCUT2D eigenvalue weighted by Crippen LogP contribution is 2.47. The van der Waals surface area contributed by atoms with Gasteiger partial charge in [-0.15, -0.1) is 0 Å². The average Bonchev–Trinajstić information content (AvgIpc) is 2.80. The number of piperidine rings is 1. The van der Waals surface area contributed by atoms with Crippen molar-refractivity contribution in [2.45, 2.75) is 38.6 Å². The molecule has 2 heterocycles. The minimum Gasteiger partial charge on any atom is -0.301 e. The van der Waals surface area contributed by atoms with E-state index in [-0.39, 0.29) is 5.92 Å². The molecule has 1 atom stereocenters.